The number of nitrogens with zero attached hydrogens (tertiary/aromatic N) is 2. The van der Waals surface area contributed by atoms with Crippen LogP contribution in [-0.2, 0) is 21.3 Å². The molecule has 1 aliphatic rings. The Labute approximate surface area is 112 Å². The van der Waals surface area contributed by atoms with Gasteiger partial charge < -0.3 is 9.26 Å². The predicted molar refractivity (Wildman–Crippen MR) is 67.8 cm³/mol. The van der Waals surface area contributed by atoms with Crippen molar-refractivity contribution in [2.45, 2.75) is 45.3 Å². The number of rotatable bonds is 7. The number of ether oxygens (including phenoxy) is 1. The largest absolute Gasteiger partial charge is 0.368 e. The van der Waals surface area contributed by atoms with Crippen molar-refractivity contribution in [1.82, 2.24) is 14.9 Å². The molecule has 8 heteroatoms. The van der Waals surface area contributed by atoms with E-state index >= 15 is 0 Å². The zero-order chi connectivity index (χ0) is 13.7. The number of unbranched alkanes of at least 4 members (excludes halogenated alkanes) is 1. The molecule has 0 radical (unpaired) electrons. The van der Waals surface area contributed by atoms with Crippen LogP contribution in [0.25, 0.3) is 0 Å². The van der Waals surface area contributed by atoms with E-state index in [9.17, 15) is 8.42 Å². The second-order valence-electron chi connectivity index (χ2n) is 4.54. The van der Waals surface area contributed by atoms with Crippen molar-refractivity contribution < 1.29 is 17.7 Å². The van der Waals surface area contributed by atoms with Crippen LogP contribution in [0.15, 0.2) is 4.52 Å². The van der Waals surface area contributed by atoms with Crippen LogP contribution in [0.3, 0.4) is 0 Å². The maximum absolute atomic E-state index is 11.6. The molecule has 2 rings (SSSR count). The highest BCUT2D eigenvalue weighted by Gasteiger charge is 2.24. The minimum absolute atomic E-state index is 0.0578. The van der Waals surface area contributed by atoms with E-state index in [1.54, 1.807) is 0 Å². The quantitative estimate of drug-likeness (QED) is 0.809. The van der Waals surface area contributed by atoms with Crippen LogP contribution < -0.4 is 4.72 Å². The van der Waals surface area contributed by atoms with E-state index in [1.165, 1.54) is 0 Å². The molecule has 0 bridgehead atoms. The SMILES string of the molecule is CCCCS(=O)(=O)NCc1noc([C@@H]2CCCO2)n1. The van der Waals surface area contributed by atoms with Crippen LogP contribution in [0.1, 0.15) is 50.4 Å². The molecule has 2 heterocycles. The van der Waals surface area contributed by atoms with Gasteiger partial charge in [-0.25, -0.2) is 13.1 Å². The summed E-state index contributed by atoms with van der Waals surface area (Å²) in [6.45, 7) is 2.71. The van der Waals surface area contributed by atoms with Gasteiger partial charge in [-0.2, -0.15) is 4.98 Å². The molecule has 0 aliphatic carbocycles. The third kappa shape index (κ3) is 4.26. The monoisotopic (exact) mass is 289 g/mol. The van der Waals surface area contributed by atoms with Gasteiger partial charge in [0.1, 0.15) is 6.10 Å². The smallest absolute Gasteiger partial charge is 0.255 e. The second kappa shape index (κ2) is 6.44. The molecule has 7 nitrogen and oxygen atoms in total. The number of hydrogen-bond donors (Lipinski definition) is 1. The topological polar surface area (TPSA) is 94.3 Å². The molecule has 1 aromatic heterocycles. The highest BCUT2D eigenvalue weighted by Crippen LogP contribution is 2.26. The van der Waals surface area contributed by atoms with E-state index < -0.39 is 10.0 Å². The normalized spacial score (nSPS) is 19.9. The molecular formula is C11H19N3O4S. The Morgan fingerprint density at radius 1 is 1.47 bits per heavy atom. The number of aromatic nitrogens is 2. The fourth-order valence-electron chi connectivity index (χ4n) is 1.82. The van der Waals surface area contributed by atoms with Crippen LogP contribution in [0.2, 0.25) is 0 Å². The van der Waals surface area contributed by atoms with Crippen molar-refractivity contribution in [2.24, 2.45) is 0 Å². The van der Waals surface area contributed by atoms with Gasteiger partial charge in [-0.15, -0.1) is 0 Å². The third-order valence-electron chi connectivity index (χ3n) is 2.91. The average molecular weight is 289 g/mol. The summed E-state index contributed by atoms with van der Waals surface area (Å²) in [4.78, 5) is 4.15. The van der Waals surface area contributed by atoms with Crippen LogP contribution in [-0.4, -0.2) is 30.9 Å². The van der Waals surface area contributed by atoms with Crippen molar-refractivity contribution >= 4 is 10.0 Å². The van der Waals surface area contributed by atoms with Gasteiger partial charge >= 0.3 is 0 Å². The molecule has 0 aromatic carbocycles. The van der Waals surface area contributed by atoms with Crippen LogP contribution in [0, 0.1) is 0 Å². The molecular weight excluding hydrogens is 270 g/mol. The van der Waals surface area contributed by atoms with Crippen molar-refractivity contribution in [3.05, 3.63) is 11.7 Å². The molecule has 1 aromatic rings. The van der Waals surface area contributed by atoms with Crippen molar-refractivity contribution in [3.63, 3.8) is 0 Å². The summed E-state index contributed by atoms with van der Waals surface area (Å²) >= 11 is 0. The molecule has 1 aliphatic heterocycles. The highest BCUT2D eigenvalue weighted by atomic mass is 32.2. The molecule has 0 unspecified atom stereocenters. The first kappa shape index (κ1) is 14.4. The summed E-state index contributed by atoms with van der Waals surface area (Å²) in [5.41, 5.74) is 0. The van der Waals surface area contributed by atoms with Crippen LogP contribution >= 0.6 is 0 Å². The lowest BCUT2D eigenvalue weighted by atomic mass is 10.2. The fourth-order valence-corrected chi connectivity index (χ4v) is 2.99. The Morgan fingerprint density at radius 3 is 3.00 bits per heavy atom. The molecule has 1 atom stereocenters. The van der Waals surface area contributed by atoms with E-state index in [1.807, 2.05) is 6.92 Å². The first-order valence-electron chi connectivity index (χ1n) is 6.52. The van der Waals surface area contributed by atoms with E-state index in [2.05, 4.69) is 14.9 Å². The molecule has 1 saturated heterocycles. The lowest BCUT2D eigenvalue weighted by Crippen LogP contribution is -2.26. The predicted octanol–water partition coefficient (Wildman–Crippen LogP) is 1.14. The minimum atomic E-state index is -3.25. The van der Waals surface area contributed by atoms with Gasteiger partial charge in [0.15, 0.2) is 5.82 Å². The summed E-state index contributed by atoms with van der Waals surface area (Å²) in [6, 6.07) is 0. The molecule has 1 fully saturated rings. The van der Waals surface area contributed by atoms with Gasteiger partial charge in [0.2, 0.25) is 10.0 Å². The van der Waals surface area contributed by atoms with E-state index in [-0.39, 0.29) is 18.4 Å². The van der Waals surface area contributed by atoms with Crippen molar-refractivity contribution in [2.75, 3.05) is 12.4 Å². The van der Waals surface area contributed by atoms with Gasteiger partial charge in [0.05, 0.1) is 12.3 Å². The molecule has 0 saturated carbocycles. The summed E-state index contributed by atoms with van der Waals surface area (Å²) in [7, 11) is -3.25. The van der Waals surface area contributed by atoms with Gasteiger partial charge in [-0.1, -0.05) is 18.5 Å². The van der Waals surface area contributed by atoms with E-state index in [0.29, 0.717) is 24.7 Å². The Morgan fingerprint density at radius 2 is 2.32 bits per heavy atom. The molecule has 0 amide bonds. The Kier molecular flexibility index (Phi) is 4.89. The van der Waals surface area contributed by atoms with Gasteiger partial charge in [-0.05, 0) is 19.3 Å². The Bertz CT molecular complexity index is 494. The molecule has 0 spiro atoms. The second-order valence-corrected chi connectivity index (χ2v) is 6.47. The van der Waals surface area contributed by atoms with Gasteiger partial charge in [0.25, 0.3) is 5.89 Å². The van der Waals surface area contributed by atoms with Crippen molar-refractivity contribution in [3.8, 4) is 0 Å². The molecule has 19 heavy (non-hydrogen) atoms. The zero-order valence-corrected chi connectivity index (χ0v) is 11.8. The fraction of sp³-hybridized carbons (Fsp3) is 0.818. The average Bonchev–Trinajstić information content (AvgIpc) is 3.04. The first-order chi connectivity index (χ1) is 9.11. The minimum Gasteiger partial charge on any atom is -0.368 e. The lowest BCUT2D eigenvalue weighted by Gasteiger charge is -2.03. The number of sulfonamides is 1. The highest BCUT2D eigenvalue weighted by molar-refractivity contribution is 7.89. The number of nitrogens with one attached hydrogen (secondary N) is 1. The summed E-state index contributed by atoms with van der Waals surface area (Å²) < 4.78 is 36.2. The Balaban J connectivity index is 1.86. The zero-order valence-electron chi connectivity index (χ0n) is 11.0. The Hall–Kier alpha value is -0.990. The van der Waals surface area contributed by atoms with Gasteiger partial charge in [0, 0.05) is 6.61 Å². The third-order valence-corrected chi connectivity index (χ3v) is 4.32. The number of hydrogen-bond acceptors (Lipinski definition) is 6. The van der Waals surface area contributed by atoms with Crippen LogP contribution in [0.4, 0.5) is 0 Å². The first-order valence-corrected chi connectivity index (χ1v) is 8.17. The standard InChI is InChI=1S/C11H19N3O4S/c1-2-3-7-19(15,16)12-8-10-13-11(18-14-10)9-5-4-6-17-9/h9,12H,2-8H2,1H3/t9-/m0/s1. The maximum Gasteiger partial charge on any atom is 0.255 e. The summed E-state index contributed by atoms with van der Waals surface area (Å²) in [5, 5.41) is 3.75. The summed E-state index contributed by atoms with van der Waals surface area (Å²) in [5.74, 6) is 0.894. The lowest BCUT2D eigenvalue weighted by molar-refractivity contribution is 0.0835. The van der Waals surface area contributed by atoms with Gasteiger partial charge in [-0.3, -0.25) is 0 Å². The molecule has 108 valence electrons. The maximum atomic E-state index is 11.6. The van der Waals surface area contributed by atoms with Crippen molar-refractivity contribution in [1.29, 1.82) is 0 Å². The molecule has 1 N–H and O–H groups in total. The van der Waals surface area contributed by atoms with Crippen LogP contribution in [0.5, 0.6) is 0 Å². The van der Waals surface area contributed by atoms with E-state index in [4.69, 9.17) is 9.26 Å². The summed E-state index contributed by atoms with van der Waals surface area (Å²) in [6.07, 6.45) is 3.18. The van der Waals surface area contributed by atoms with E-state index in [0.717, 1.165) is 19.3 Å².